The van der Waals surface area contributed by atoms with Gasteiger partial charge in [0.1, 0.15) is 5.82 Å². The number of benzene rings is 1. The maximum atomic E-state index is 13.2. The van der Waals surface area contributed by atoms with Crippen LogP contribution >= 0.6 is 0 Å². The zero-order valence-electron chi connectivity index (χ0n) is 17.5. The molecule has 1 saturated heterocycles. The minimum atomic E-state index is -0.574. The minimum Gasteiger partial charge on any atom is -0.344 e. The molecule has 2 heterocycles. The summed E-state index contributed by atoms with van der Waals surface area (Å²) in [5.41, 5.74) is 2.58. The molecule has 30 heavy (non-hydrogen) atoms. The molecule has 4 rings (SSSR count). The van der Waals surface area contributed by atoms with E-state index in [4.69, 9.17) is 0 Å². The van der Waals surface area contributed by atoms with Gasteiger partial charge >= 0.3 is 0 Å². The van der Waals surface area contributed by atoms with Crippen LogP contribution < -0.4 is 0 Å². The molecule has 0 unspecified atom stereocenters. The Hall–Kier alpha value is -2.76. The topological polar surface area (TPSA) is 59.4 Å². The van der Waals surface area contributed by atoms with Crippen LogP contribution in [0.2, 0.25) is 0 Å². The SMILES string of the molecule is Cc1cc(C(=O)CN2C(=O)CC3(CCCCC3)C2=O)c(C)n1Cc1ccc(F)cc1. The third kappa shape index (κ3) is 3.59. The Bertz CT molecular complexity index is 1000. The molecule has 1 spiro atoms. The van der Waals surface area contributed by atoms with E-state index in [0.717, 1.165) is 49.1 Å². The van der Waals surface area contributed by atoms with Gasteiger partial charge in [-0.1, -0.05) is 31.4 Å². The second-order valence-electron chi connectivity index (χ2n) is 8.72. The maximum Gasteiger partial charge on any atom is 0.236 e. The third-order valence-corrected chi connectivity index (χ3v) is 6.73. The van der Waals surface area contributed by atoms with Gasteiger partial charge in [0.15, 0.2) is 5.78 Å². The normalized spacial score (nSPS) is 18.4. The van der Waals surface area contributed by atoms with Crippen LogP contribution in [0.25, 0.3) is 0 Å². The average Bonchev–Trinajstić information content (AvgIpc) is 3.12. The molecule has 1 aliphatic carbocycles. The van der Waals surface area contributed by atoms with Gasteiger partial charge in [0.25, 0.3) is 0 Å². The zero-order valence-corrected chi connectivity index (χ0v) is 17.5. The fraction of sp³-hybridized carbons (Fsp3) is 0.458. The van der Waals surface area contributed by atoms with Crippen molar-refractivity contribution in [1.29, 1.82) is 0 Å². The van der Waals surface area contributed by atoms with Crippen LogP contribution in [0.5, 0.6) is 0 Å². The molecule has 0 atom stereocenters. The summed E-state index contributed by atoms with van der Waals surface area (Å²) in [6.45, 7) is 4.10. The second kappa shape index (κ2) is 7.82. The number of amides is 2. The number of carbonyl (C=O) groups is 3. The number of aromatic nitrogens is 1. The molecule has 1 aliphatic heterocycles. The lowest BCUT2D eigenvalue weighted by atomic mass is 9.73. The van der Waals surface area contributed by atoms with Crippen molar-refractivity contribution in [3.05, 3.63) is 58.7 Å². The molecule has 2 amide bonds. The first-order chi connectivity index (χ1) is 14.3. The van der Waals surface area contributed by atoms with Crippen LogP contribution in [-0.2, 0) is 16.1 Å². The molecule has 1 aromatic heterocycles. The molecule has 2 fully saturated rings. The van der Waals surface area contributed by atoms with Crippen molar-refractivity contribution >= 4 is 17.6 Å². The summed E-state index contributed by atoms with van der Waals surface area (Å²) < 4.78 is 15.2. The van der Waals surface area contributed by atoms with Crippen molar-refractivity contribution in [2.24, 2.45) is 5.41 Å². The smallest absolute Gasteiger partial charge is 0.236 e. The lowest BCUT2D eigenvalue weighted by Crippen LogP contribution is -2.39. The number of aryl methyl sites for hydroxylation is 1. The summed E-state index contributed by atoms with van der Waals surface area (Å²) in [5, 5.41) is 0. The van der Waals surface area contributed by atoms with E-state index in [1.54, 1.807) is 12.1 Å². The Morgan fingerprint density at radius 1 is 1.07 bits per heavy atom. The number of Topliss-reactive ketones (excluding diaryl/α,β-unsaturated/α-hetero) is 1. The van der Waals surface area contributed by atoms with Crippen LogP contribution in [0.4, 0.5) is 4.39 Å². The molecule has 0 radical (unpaired) electrons. The van der Waals surface area contributed by atoms with E-state index >= 15 is 0 Å². The van der Waals surface area contributed by atoms with Gasteiger partial charge in [-0.15, -0.1) is 0 Å². The lowest BCUT2D eigenvalue weighted by molar-refractivity contribution is -0.141. The third-order valence-electron chi connectivity index (χ3n) is 6.73. The predicted octanol–water partition coefficient (Wildman–Crippen LogP) is 4.18. The van der Waals surface area contributed by atoms with Gasteiger partial charge in [-0.05, 0) is 50.5 Å². The quantitative estimate of drug-likeness (QED) is 0.549. The number of imide groups is 1. The van der Waals surface area contributed by atoms with Crippen LogP contribution in [0.3, 0.4) is 0 Å². The number of nitrogens with zero attached hydrogens (tertiary/aromatic N) is 2. The van der Waals surface area contributed by atoms with Gasteiger partial charge in [0, 0.05) is 29.9 Å². The van der Waals surface area contributed by atoms with Crippen molar-refractivity contribution in [3.8, 4) is 0 Å². The minimum absolute atomic E-state index is 0.166. The fourth-order valence-electron chi connectivity index (χ4n) is 4.97. The molecular formula is C24H27FN2O3. The van der Waals surface area contributed by atoms with Crippen LogP contribution in [-0.4, -0.2) is 33.6 Å². The van der Waals surface area contributed by atoms with Gasteiger partial charge in [-0.25, -0.2) is 4.39 Å². The first-order valence-corrected chi connectivity index (χ1v) is 10.6. The zero-order chi connectivity index (χ0) is 21.5. The van der Waals surface area contributed by atoms with Gasteiger partial charge in [0.05, 0.1) is 12.0 Å². The molecule has 2 aromatic rings. The number of halogens is 1. The summed E-state index contributed by atoms with van der Waals surface area (Å²) in [6, 6.07) is 8.09. The van der Waals surface area contributed by atoms with Gasteiger partial charge in [-0.2, -0.15) is 0 Å². The highest BCUT2D eigenvalue weighted by molar-refractivity contribution is 6.10. The van der Waals surface area contributed by atoms with E-state index in [0.29, 0.717) is 12.1 Å². The predicted molar refractivity (Wildman–Crippen MR) is 111 cm³/mol. The highest BCUT2D eigenvalue weighted by Crippen LogP contribution is 2.45. The standard InChI is InChI=1S/C24H27FN2O3/c1-16-12-20(17(2)26(16)14-18-6-8-19(25)9-7-18)21(28)15-27-22(29)13-24(23(27)30)10-4-3-5-11-24/h6-9,12H,3-5,10-11,13-15H2,1-2H3. The van der Waals surface area contributed by atoms with E-state index in [1.807, 2.05) is 24.5 Å². The Kier molecular flexibility index (Phi) is 5.35. The van der Waals surface area contributed by atoms with Gasteiger partial charge in [-0.3, -0.25) is 19.3 Å². The van der Waals surface area contributed by atoms with Crippen molar-refractivity contribution in [2.45, 2.75) is 58.9 Å². The van der Waals surface area contributed by atoms with Crippen LogP contribution in [0.1, 0.15) is 65.8 Å². The molecule has 1 aromatic carbocycles. The largest absolute Gasteiger partial charge is 0.344 e. The number of carbonyl (C=O) groups excluding carboxylic acids is 3. The summed E-state index contributed by atoms with van der Waals surface area (Å²) in [4.78, 5) is 39.8. The van der Waals surface area contributed by atoms with E-state index in [-0.39, 0.29) is 36.4 Å². The maximum absolute atomic E-state index is 13.2. The van der Waals surface area contributed by atoms with E-state index in [2.05, 4.69) is 0 Å². The van der Waals surface area contributed by atoms with E-state index < -0.39 is 5.41 Å². The summed E-state index contributed by atoms with van der Waals surface area (Å²) >= 11 is 0. The van der Waals surface area contributed by atoms with E-state index in [9.17, 15) is 18.8 Å². The van der Waals surface area contributed by atoms with Crippen molar-refractivity contribution in [1.82, 2.24) is 9.47 Å². The van der Waals surface area contributed by atoms with E-state index in [1.165, 1.54) is 17.0 Å². The average molecular weight is 410 g/mol. The number of hydrogen-bond acceptors (Lipinski definition) is 3. The Labute approximate surface area is 175 Å². The Morgan fingerprint density at radius 3 is 2.40 bits per heavy atom. The van der Waals surface area contributed by atoms with Crippen LogP contribution in [0.15, 0.2) is 30.3 Å². The number of rotatable bonds is 5. The van der Waals surface area contributed by atoms with Gasteiger partial charge in [0.2, 0.25) is 11.8 Å². The molecule has 0 N–H and O–H groups in total. The first kappa shape index (κ1) is 20.5. The fourth-order valence-corrected chi connectivity index (χ4v) is 4.97. The number of hydrogen-bond donors (Lipinski definition) is 0. The number of likely N-dealkylation sites (tertiary alicyclic amines) is 1. The first-order valence-electron chi connectivity index (χ1n) is 10.6. The molecule has 0 bridgehead atoms. The molecule has 1 saturated carbocycles. The highest BCUT2D eigenvalue weighted by Gasteiger charge is 2.51. The molecule has 158 valence electrons. The molecule has 2 aliphatic rings. The number of ketones is 1. The van der Waals surface area contributed by atoms with Crippen molar-refractivity contribution in [2.75, 3.05) is 6.54 Å². The van der Waals surface area contributed by atoms with Crippen LogP contribution in [0, 0.1) is 25.1 Å². The van der Waals surface area contributed by atoms with Gasteiger partial charge < -0.3 is 4.57 Å². The Morgan fingerprint density at radius 2 is 1.73 bits per heavy atom. The monoisotopic (exact) mass is 410 g/mol. The summed E-state index contributed by atoms with van der Waals surface area (Å²) in [6.07, 6.45) is 4.75. The summed E-state index contributed by atoms with van der Waals surface area (Å²) in [5.74, 6) is -0.898. The van der Waals surface area contributed by atoms with Crippen molar-refractivity contribution in [3.63, 3.8) is 0 Å². The highest BCUT2D eigenvalue weighted by atomic mass is 19.1. The second-order valence-corrected chi connectivity index (χ2v) is 8.72. The Balaban J connectivity index is 1.52. The molecule has 6 heteroatoms. The molecule has 5 nitrogen and oxygen atoms in total. The van der Waals surface area contributed by atoms with Crippen molar-refractivity contribution < 1.29 is 18.8 Å². The summed E-state index contributed by atoms with van der Waals surface area (Å²) in [7, 11) is 0. The molecular weight excluding hydrogens is 383 g/mol. The lowest BCUT2D eigenvalue weighted by Gasteiger charge is -2.30.